The molecule has 2 N–H and O–H groups in total. The normalized spacial score (nSPS) is 11.5. The number of nitrogens with one attached hydrogen (secondary N) is 2. The Morgan fingerprint density at radius 2 is 1.89 bits per heavy atom. The third-order valence-electron chi connectivity index (χ3n) is 2.93. The standard InChI is InChI=1S/C14H24N2O2S/c1-4-15-9-5-6-10-19(17,18)16-14-11-12(2)7-8-13(14)3/h7-8,11,15-16H,4-6,9-10H2,1-3H3. The first kappa shape index (κ1) is 16.0. The zero-order valence-corrected chi connectivity index (χ0v) is 12.8. The summed E-state index contributed by atoms with van der Waals surface area (Å²) >= 11 is 0. The van der Waals surface area contributed by atoms with Gasteiger partial charge in [0.25, 0.3) is 0 Å². The van der Waals surface area contributed by atoms with Gasteiger partial charge in [-0.05, 0) is 57.0 Å². The van der Waals surface area contributed by atoms with Crippen molar-refractivity contribution < 1.29 is 8.42 Å². The minimum absolute atomic E-state index is 0.172. The molecule has 0 atom stereocenters. The predicted octanol–water partition coefficient (Wildman–Crippen LogP) is 2.43. The molecule has 0 aliphatic carbocycles. The van der Waals surface area contributed by atoms with Crippen LogP contribution >= 0.6 is 0 Å². The summed E-state index contributed by atoms with van der Waals surface area (Å²) in [5.41, 5.74) is 2.68. The Kier molecular flexibility index (Phi) is 6.31. The smallest absolute Gasteiger partial charge is 0.232 e. The van der Waals surface area contributed by atoms with E-state index < -0.39 is 10.0 Å². The van der Waals surface area contributed by atoms with Crippen LogP contribution in [0.4, 0.5) is 5.69 Å². The number of anilines is 1. The van der Waals surface area contributed by atoms with Gasteiger partial charge in [-0.2, -0.15) is 0 Å². The highest BCUT2D eigenvalue weighted by atomic mass is 32.2. The van der Waals surface area contributed by atoms with E-state index in [1.54, 1.807) is 0 Å². The van der Waals surface area contributed by atoms with Crippen LogP contribution in [0.15, 0.2) is 18.2 Å². The Morgan fingerprint density at radius 1 is 1.16 bits per heavy atom. The number of aryl methyl sites for hydroxylation is 2. The first-order chi connectivity index (χ1) is 8.94. The highest BCUT2D eigenvalue weighted by molar-refractivity contribution is 7.92. The van der Waals surface area contributed by atoms with Crippen LogP contribution in [0.5, 0.6) is 0 Å². The second-order valence-corrected chi connectivity index (χ2v) is 6.64. The van der Waals surface area contributed by atoms with E-state index in [0.29, 0.717) is 12.1 Å². The molecule has 5 heteroatoms. The summed E-state index contributed by atoms with van der Waals surface area (Å²) in [6.07, 6.45) is 1.55. The quantitative estimate of drug-likeness (QED) is 0.721. The van der Waals surface area contributed by atoms with Crippen LogP contribution in [-0.4, -0.2) is 27.3 Å². The Bertz CT molecular complexity index is 498. The average molecular weight is 284 g/mol. The van der Waals surface area contributed by atoms with Gasteiger partial charge in [0.05, 0.1) is 11.4 Å². The Balaban J connectivity index is 2.52. The molecule has 19 heavy (non-hydrogen) atoms. The summed E-state index contributed by atoms with van der Waals surface area (Å²) in [6.45, 7) is 7.69. The molecule has 0 aromatic heterocycles. The van der Waals surface area contributed by atoms with E-state index in [4.69, 9.17) is 0 Å². The summed E-state index contributed by atoms with van der Waals surface area (Å²) in [7, 11) is -3.24. The molecule has 1 aromatic rings. The van der Waals surface area contributed by atoms with Crippen LogP contribution in [-0.2, 0) is 10.0 Å². The lowest BCUT2D eigenvalue weighted by Crippen LogP contribution is -2.19. The lowest BCUT2D eigenvalue weighted by molar-refractivity contribution is 0.593. The van der Waals surface area contributed by atoms with E-state index in [1.165, 1.54) is 0 Å². The summed E-state index contributed by atoms with van der Waals surface area (Å²) in [5, 5.41) is 3.19. The van der Waals surface area contributed by atoms with Crippen molar-refractivity contribution >= 4 is 15.7 Å². The van der Waals surface area contributed by atoms with Crippen molar-refractivity contribution in [2.24, 2.45) is 0 Å². The maximum absolute atomic E-state index is 12.0. The number of sulfonamides is 1. The van der Waals surface area contributed by atoms with E-state index in [1.807, 2.05) is 39.0 Å². The van der Waals surface area contributed by atoms with Gasteiger partial charge in [0, 0.05) is 0 Å². The van der Waals surface area contributed by atoms with Crippen molar-refractivity contribution in [2.45, 2.75) is 33.6 Å². The molecule has 0 saturated carbocycles. The fourth-order valence-corrected chi connectivity index (χ4v) is 3.02. The van der Waals surface area contributed by atoms with Gasteiger partial charge in [0.1, 0.15) is 0 Å². The van der Waals surface area contributed by atoms with Crippen LogP contribution in [0.1, 0.15) is 30.9 Å². The molecule has 4 nitrogen and oxygen atoms in total. The zero-order chi connectivity index (χ0) is 14.3. The van der Waals surface area contributed by atoms with Crippen LogP contribution in [0, 0.1) is 13.8 Å². The molecule has 0 amide bonds. The number of benzene rings is 1. The van der Waals surface area contributed by atoms with Gasteiger partial charge >= 0.3 is 0 Å². The van der Waals surface area contributed by atoms with E-state index in [0.717, 1.165) is 30.6 Å². The van der Waals surface area contributed by atoms with Crippen molar-refractivity contribution in [3.63, 3.8) is 0 Å². The lowest BCUT2D eigenvalue weighted by atomic mass is 10.1. The minimum atomic E-state index is -3.24. The van der Waals surface area contributed by atoms with Gasteiger partial charge in [0.2, 0.25) is 10.0 Å². The molecular formula is C14H24N2O2S. The average Bonchev–Trinajstić information content (AvgIpc) is 2.33. The number of hydrogen-bond acceptors (Lipinski definition) is 3. The molecule has 108 valence electrons. The van der Waals surface area contributed by atoms with Crippen LogP contribution in [0.2, 0.25) is 0 Å². The summed E-state index contributed by atoms with van der Waals surface area (Å²) in [6, 6.07) is 5.77. The molecule has 0 bridgehead atoms. The van der Waals surface area contributed by atoms with Crippen LogP contribution < -0.4 is 10.0 Å². The molecule has 0 aliphatic rings. The maximum Gasteiger partial charge on any atom is 0.232 e. The fourth-order valence-electron chi connectivity index (χ4n) is 1.78. The third kappa shape index (κ3) is 6.07. The Morgan fingerprint density at radius 3 is 2.58 bits per heavy atom. The van der Waals surface area contributed by atoms with Gasteiger partial charge < -0.3 is 5.32 Å². The topological polar surface area (TPSA) is 58.2 Å². The van der Waals surface area contributed by atoms with Gasteiger partial charge in [-0.15, -0.1) is 0 Å². The van der Waals surface area contributed by atoms with E-state index in [2.05, 4.69) is 10.0 Å². The molecule has 1 aromatic carbocycles. The number of unbranched alkanes of at least 4 members (excludes halogenated alkanes) is 1. The summed E-state index contributed by atoms with van der Waals surface area (Å²) in [4.78, 5) is 0. The van der Waals surface area contributed by atoms with Crippen molar-refractivity contribution in [1.29, 1.82) is 0 Å². The summed E-state index contributed by atoms with van der Waals surface area (Å²) in [5.74, 6) is 0.172. The molecular weight excluding hydrogens is 260 g/mol. The largest absolute Gasteiger partial charge is 0.317 e. The highest BCUT2D eigenvalue weighted by Gasteiger charge is 2.11. The molecule has 0 spiro atoms. The fraction of sp³-hybridized carbons (Fsp3) is 0.571. The molecule has 0 aliphatic heterocycles. The van der Waals surface area contributed by atoms with Gasteiger partial charge in [-0.25, -0.2) is 8.42 Å². The Hall–Kier alpha value is -1.07. The number of rotatable bonds is 8. The molecule has 0 fully saturated rings. The lowest BCUT2D eigenvalue weighted by Gasteiger charge is -2.11. The molecule has 0 heterocycles. The maximum atomic E-state index is 12.0. The van der Waals surface area contributed by atoms with Crippen LogP contribution in [0.3, 0.4) is 0 Å². The second-order valence-electron chi connectivity index (χ2n) is 4.80. The summed E-state index contributed by atoms with van der Waals surface area (Å²) < 4.78 is 26.6. The van der Waals surface area contributed by atoms with Gasteiger partial charge in [-0.1, -0.05) is 19.1 Å². The first-order valence-electron chi connectivity index (χ1n) is 6.73. The van der Waals surface area contributed by atoms with Crippen molar-refractivity contribution in [3.8, 4) is 0 Å². The van der Waals surface area contributed by atoms with E-state index in [-0.39, 0.29) is 5.75 Å². The molecule has 0 unspecified atom stereocenters. The van der Waals surface area contributed by atoms with Gasteiger partial charge in [0.15, 0.2) is 0 Å². The monoisotopic (exact) mass is 284 g/mol. The van der Waals surface area contributed by atoms with Crippen molar-refractivity contribution in [3.05, 3.63) is 29.3 Å². The molecule has 1 rings (SSSR count). The highest BCUT2D eigenvalue weighted by Crippen LogP contribution is 2.18. The number of hydrogen-bond donors (Lipinski definition) is 2. The van der Waals surface area contributed by atoms with E-state index >= 15 is 0 Å². The molecule has 0 radical (unpaired) electrons. The van der Waals surface area contributed by atoms with Gasteiger partial charge in [-0.3, -0.25) is 4.72 Å². The van der Waals surface area contributed by atoms with Crippen LogP contribution in [0.25, 0.3) is 0 Å². The van der Waals surface area contributed by atoms with Crippen molar-refractivity contribution in [2.75, 3.05) is 23.6 Å². The minimum Gasteiger partial charge on any atom is -0.317 e. The zero-order valence-electron chi connectivity index (χ0n) is 12.0. The third-order valence-corrected chi connectivity index (χ3v) is 4.28. The SMILES string of the molecule is CCNCCCCS(=O)(=O)Nc1cc(C)ccc1C. The molecule has 0 saturated heterocycles. The van der Waals surface area contributed by atoms with Crippen molar-refractivity contribution in [1.82, 2.24) is 5.32 Å². The first-order valence-corrected chi connectivity index (χ1v) is 8.38. The predicted molar refractivity (Wildman–Crippen MR) is 81.1 cm³/mol. The second kappa shape index (κ2) is 7.50. The Labute approximate surface area is 116 Å². The van der Waals surface area contributed by atoms with E-state index in [9.17, 15) is 8.42 Å².